The molecule has 1 N–H and O–H groups in total. The highest BCUT2D eigenvalue weighted by Crippen LogP contribution is 2.25. The minimum Gasteiger partial charge on any atom is -0.367 e. The summed E-state index contributed by atoms with van der Waals surface area (Å²) in [5, 5.41) is 4.46. The van der Waals surface area contributed by atoms with Gasteiger partial charge in [-0.2, -0.15) is 0 Å². The minimum atomic E-state index is -0.234. The third-order valence-corrected chi connectivity index (χ3v) is 5.02. The van der Waals surface area contributed by atoms with Crippen LogP contribution in [0, 0.1) is 12.7 Å². The number of aryl methyl sites for hydroxylation is 1. The number of hydrogen-bond donors (Lipinski definition) is 1. The predicted octanol–water partition coefficient (Wildman–Crippen LogP) is 3.13. The SMILES string of the molecule is CN=C(NCc1cnc(C)s1)N1CC(C)OC(c2ccc(F)cc2)C1. The van der Waals surface area contributed by atoms with Crippen LogP contribution < -0.4 is 5.32 Å². The van der Waals surface area contributed by atoms with Gasteiger partial charge in [0.05, 0.1) is 24.2 Å². The molecule has 0 bridgehead atoms. The summed E-state index contributed by atoms with van der Waals surface area (Å²) in [6.07, 6.45) is 1.85. The van der Waals surface area contributed by atoms with Crippen molar-refractivity contribution in [1.29, 1.82) is 0 Å². The Morgan fingerprint density at radius 3 is 2.80 bits per heavy atom. The van der Waals surface area contributed by atoms with E-state index in [9.17, 15) is 4.39 Å². The maximum atomic E-state index is 13.2. The highest BCUT2D eigenvalue weighted by molar-refractivity contribution is 7.11. The largest absolute Gasteiger partial charge is 0.367 e. The topological polar surface area (TPSA) is 49.8 Å². The zero-order valence-corrected chi connectivity index (χ0v) is 15.5. The Hall–Kier alpha value is -1.99. The zero-order valence-electron chi connectivity index (χ0n) is 14.7. The van der Waals surface area contributed by atoms with Gasteiger partial charge in [-0.25, -0.2) is 9.37 Å². The summed E-state index contributed by atoms with van der Waals surface area (Å²) in [7, 11) is 1.79. The first-order valence-corrected chi connectivity index (χ1v) is 9.14. The smallest absolute Gasteiger partial charge is 0.194 e. The number of nitrogens with one attached hydrogen (secondary N) is 1. The number of ether oxygens (including phenoxy) is 1. The fourth-order valence-corrected chi connectivity index (χ4v) is 3.71. The second kappa shape index (κ2) is 7.93. The number of thiazole rings is 1. The van der Waals surface area contributed by atoms with E-state index in [2.05, 4.69) is 20.2 Å². The number of aliphatic imine (C=N–C) groups is 1. The van der Waals surface area contributed by atoms with Gasteiger partial charge in [0.25, 0.3) is 0 Å². The number of aromatic nitrogens is 1. The highest BCUT2D eigenvalue weighted by Gasteiger charge is 2.28. The summed E-state index contributed by atoms with van der Waals surface area (Å²) in [5.41, 5.74) is 0.978. The van der Waals surface area contributed by atoms with E-state index >= 15 is 0 Å². The molecule has 1 aliphatic rings. The second-order valence-corrected chi connectivity index (χ2v) is 7.46. The molecule has 0 radical (unpaired) electrons. The van der Waals surface area contributed by atoms with Gasteiger partial charge < -0.3 is 15.0 Å². The molecule has 2 unspecified atom stereocenters. The molecule has 2 atom stereocenters. The predicted molar refractivity (Wildman–Crippen MR) is 98.3 cm³/mol. The average molecular weight is 362 g/mol. The van der Waals surface area contributed by atoms with Gasteiger partial charge in [-0.15, -0.1) is 11.3 Å². The number of hydrogen-bond acceptors (Lipinski definition) is 4. The van der Waals surface area contributed by atoms with Crippen LogP contribution in [0.5, 0.6) is 0 Å². The molecule has 2 aromatic rings. The molecule has 1 fully saturated rings. The van der Waals surface area contributed by atoms with Crippen LogP contribution in [0.4, 0.5) is 4.39 Å². The Morgan fingerprint density at radius 1 is 1.40 bits per heavy atom. The van der Waals surface area contributed by atoms with Crippen molar-refractivity contribution < 1.29 is 9.13 Å². The Balaban J connectivity index is 1.67. The summed E-state index contributed by atoms with van der Waals surface area (Å²) in [6.45, 7) is 6.18. The fraction of sp³-hybridized carbons (Fsp3) is 0.444. The van der Waals surface area contributed by atoms with Crippen molar-refractivity contribution in [1.82, 2.24) is 15.2 Å². The maximum Gasteiger partial charge on any atom is 0.194 e. The number of benzene rings is 1. The van der Waals surface area contributed by atoms with Crippen LogP contribution in [0.2, 0.25) is 0 Å². The van der Waals surface area contributed by atoms with Crippen LogP contribution in [0.1, 0.15) is 28.5 Å². The van der Waals surface area contributed by atoms with Crippen LogP contribution in [0.25, 0.3) is 0 Å². The molecule has 1 aliphatic heterocycles. The second-order valence-electron chi connectivity index (χ2n) is 6.14. The normalized spacial score (nSPS) is 21.4. The lowest BCUT2D eigenvalue weighted by molar-refractivity contribution is -0.0605. The number of guanidine groups is 1. The minimum absolute atomic E-state index is 0.0630. The van der Waals surface area contributed by atoms with Crippen molar-refractivity contribution in [2.75, 3.05) is 20.1 Å². The van der Waals surface area contributed by atoms with Gasteiger partial charge in [-0.3, -0.25) is 4.99 Å². The third kappa shape index (κ3) is 4.55. The molecule has 0 spiro atoms. The average Bonchev–Trinajstić information content (AvgIpc) is 3.01. The molecule has 5 nitrogen and oxygen atoms in total. The number of rotatable bonds is 3. The standard InChI is InChI=1S/C18H23FN4OS/c1-12-10-23(11-17(24-12)14-4-6-15(19)7-5-14)18(20-3)22-9-16-8-21-13(2)25-16/h4-8,12,17H,9-11H2,1-3H3,(H,20,22). The van der Waals surface area contributed by atoms with Gasteiger partial charge >= 0.3 is 0 Å². The van der Waals surface area contributed by atoms with E-state index in [4.69, 9.17) is 4.74 Å². The summed E-state index contributed by atoms with van der Waals surface area (Å²) < 4.78 is 19.2. The monoisotopic (exact) mass is 362 g/mol. The van der Waals surface area contributed by atoms with E-state index < -0.39 is 0 Å². The molecule has 3 rings (SSSR count). The zero-order chi connectivity index (χ0) is 17.8. The van der Waals surface area contributed by atoms with Crippen LogP contribution in [0.3, 0.4) is 0 Å². The van der Waals surface area contributed by atoms with Gasteiger partial charge in [-0.1, -0.05) is 12.1 Å². The van der Waals surface area contributed by atoms with Gasteiger partial charge in [0, 0.05) is 24.7 Å². The molecule has 25 heavy (non-hydrogen) atoms. The lowest BCUT2D eigenvalue weighted by Crippen LogP contribution is -2.50. The van der Waals surface area contributed by atoms with Crippen molar-refractivity contribution in [2.24, 2.45) is 4.99 Å². The summed E-state index contributed by atoms with van der Waals surface area (Å²) in [6, 6.07) is 6.52. The lowest BCUT2D eigenvalue weighted by atomic mass is 10.1. The van der Waals surface area contributed by atoms with Crippen LogP contribution in [-0.2, 0) is 11.3 Å². The Labute approximate surface area is 151 Å². The Bertz CT molecular complexity index is 731. The molecule has 0 amide bonds. The maximum absolute atomic E-state index is 13.2. The molecular weight excluding hydrogens is 339 g/mol. The third-order valence-electron chi connectivity index (χ3n) is 4.10. The molecular formula is C18H23FN4OS. The van der Waals surface area contributed by atoms with Crippen molar-refractivity contribution >= 4 is 17.3 Å². The van der Waals surface area contributed by atoms with E-state index in [1.54, 1.807) is 30.5 Å². The summed E-state index contributed by atoms with van der Waals surface area (Å²) in [4.78, 5) is 12.1. The first-order chi connectivity index (χ1) is 12.0. The molecule has 1 aromatic carbocycles. The first-order valence-electron chi connectivity index (χ1n) is 8.33. The number of halogens is 1. The van der Waals surface area contributed by atoms with Crippen LogP contribution in [-0.4, -0.2) is 42.1 Å². The molecule has 2 heterocycles. The lowest BCUT2D eigenvalue weighted by Gasteiger charge is -2.38. The number of nitrogens with zero attached hydrogens (tertiary/aromatic N) is 3. The molecule has 0 aliphatic carbocycles. The van der Waals surface area contributed by atoms with Crippen molar-refractivity contribution in [3.63, 3.8) is 0 Å². The quantitative estimate of drug-likeness (QED) is 0.673. The van der Waals surface area contributed by atoms with E-state index in [-0.39, 0.29) is 18.0 Å². The molecule has 0 saturated carbocycles. The van der Waals surface area contributed by atoms with Crippen molar-refractivity contribution in [2.45, 2.75) is 32.6 Å². The van der Waals surface area contributed by atoms with Gasteiger partial charge in [-0.05, 0) is 31.5 Å². The number of morpholine rings is 1. The first kappa shape index (κ1) is 17.8. The molecule has 1 saturated heterocycles. The fourth-order valence-electron chi connectivity index (χ4n) is 2.97. The van der Waals surface area contributed by atoms with Gasteiger partial charge in [0.15, 0.2) is 5.96 Å². The van der Waals surface area contributed by atoms with Crippen molar-refractivity contribution in [3.05, 3.63) is 51.7 Å². The summed E-state index contributed by atoms with van der Waals surface area (Å²) in [5.74, 6) is 0.607. The molecule has 1 aromatic heterocycles. The van der Waals surface area contributed by atoms with E-state index in [0.717, 1.165) is 23.1 Å². The van der Waals surface area contributed by atoms with E-state index in [1.165, 1.54) is 17.0 Å². The van der Waals surface area contributed by atoms with E-state index in [0.29, 0.717) is 13.1 Å². The van der Waals surface area contributed by atoms with Gasteiger partial charge in [0.1, 0.15) is 11.9 Å². The van der Waals surface area contributed by atoms with Crippen molar-refractivity contribution in [3.8, 4) is 0 Å². The Morgan fingerprint density at radius 2 is 2.16 bits per heavy atom. The summed E-state index contributed by atoms with van der Waals surface area (Å²) >= 11 is 1.68. The van der Waals surface area contributed by atoms with Gasteiger partial charge in [0.2, 0.25) is 0 Å². The highest BCUT2D eigenvalue weighted by atomic mass is 32.1. The Kier molecular flexibility index (Phi) is 5.65. The van der Waals surface area contributed by atoms with Crippen LogP contribution >= 0.6 is 11.3 Å². The molecule has 134 valence electrons. The van der Waals surface area contributed by atoms with E-state index in [1.807, 2.05) is 20.0 Å². The van der Waals surface area contributed by atoms with Crippen LogP contribution in [0.15, 0.2) is 35.5 Å². The molecule has 7 heteroatoms.